The molecule has 1 aliphatic carbocycles. The maximum atomic E-state index is 14.3. The van der Waals surface area contributed by atoms with Gasteiger partial charge in [-0.2, -0.15) is 8.78 Å². The van der Waals surface area contributed by atoms with Gasteiger partial charge in [-0.15, -0.1) is 0 Å². The first kappa shape index (κ1) is 14.6. The Morgan fingerprint density at radius 2 is 1.73 bits per heavy atom. The number of carbonyl (C=O) groups is 1. The smallest absolute Gasteiger partial charge is 0.287 e. The molecule has 112 valence electrons. The van der Waals surface area contributed by atoms with Crippen LogP contribution in [0.25, 0.3) is 11.6 Å². The summed E-state index contributed by atoms with van der Waals surface area (Å²) in [5.74, 6) is -6.28. The molecule has 0 radical (unpaired) electrons. The molecular weight excluding hydrogens is 289 g/mol. The molecule has 0 heterocycles. The zero-order chi connectivity index (χ0) is 15.9. The van der Waals surface area contributed by atoms with Gasteiger partial charge in [0.1, 0.15) is 5.82 Å². The summed E-state index contributed by atoms with van der Waals surface area (Å²) in [4.78, 5) is 12.1. The molecule has 2 aromatic carbocycles. The normalized spacial score (nSPS) is 16.2. The molecule has 0 unspecified atom stereocenters. The Morgan fingerprint density at radius 3 is 2.36 bits per heavy atom. The van der Waals surface area contributed by atoms with Crippen molar-refractivity contribution in [3.8, 4) is 0 Å². The fourth-order valence-electron chi connectivity index (χ4n) is 2.63. The second kappa shape index (κ2) is 5.13. The predicted molar refractivity (Wildman–Crippen MR) is 79.0 cm³/mol. The van der Waals surface area contributed by atoms with Crippen LogP contribution in [0.15, 0.2) is 42.5 Å². The molecule has 3 rings (SSSR count). The van der Waals surface area contributed by atoms with E-state index in [1.54, 1.807) is 24.3 Å². The summed E-state index contributed by atoms with van der Waals surface area (Å²) in [5.41, 5.74) is 0.571. The van der Waals surface area contributed by atoms with Gasteiger partial charge in [0.15, 0.2) is 0 Å². The number of hydrogen-bond acceptors (Lipinski definition) is 1. The minimum Gasteiger partial charge on any atom is -0.287 e. The van der Waals surface area contributed by atoms with Gasteiger partial charge in [-0.1, -0.05) is 43.3 Å². The summed E-state index contributed by atoms with van der Waals surface area (Å²) in [5, 5.41) is 0. The number of halogens is 3. The van der Waals surface area contributed by atoms with E-state index in [4.69, 9.17) is 0 Å². The third kappa shape index (κ3) is 2.15. The predicted octanol–water partition coefficient (Wildman–Crippen LogP) is 4.60. The molecule has 0 saturated heterocycles. The largest absolute Gasteiger partial charge is 0.338 e. The highest BCUT2D eigenvalue weighted by molar-refractivity contribution is 6.30. The summed E-state index contributed by atoms with van der Waals surface area (Å²) in [6.07, 6.45) is 2.15. The Bertz CT molecular complexity index is 773. The van der Waals surface area contributed by atoms with Crippen LogP contribution in [0.2, 0.25) is 0 Å². The van der Waals surface area contributed by atoms with Crippen LogP contribution in [0.3, 0.4) is 0 Å². The number of ketones is 1. The van der Waals surface area contributed by atoms with E-state index in [9.17, 15) is 18.0 Å². The zero-order valence-electron chi connectivity index (χ0n) is 11.9. The van der Waals surface area contributed by atoms with Gasteiger partial charge < -0.3 is 0 Å². The maximum absolute atomic E-state index is 14.3. The third-order valence-corrected chi connectivity index (χ3v) is 3.86. The Kier molecular flexibility index (Phi) is 3.39. The number of rotatable bonds is 2. The highest BCUT2D eigenvalue weighted by Gasteiger charge is 2.48. The topological polar surface area (TPSA) is 17.1 Å². The van der Waals surface area contributed by atoms with Crippen molar-refractivity contribution in [2.45, 2.75) is 19.3 Å². The lowest BCUT2D eigenvalue weighted by atomic mass is 9.84. The summed E-state index contributed by atoms with van der Waals surface area (Å²) in [6, 6.07) is 10.6. The fraction of sp³-hybridized carbons (Fsp3) is 0.167. The van der Waals surface area contributed by atoms with Crippen LogP contribution < -0.4 is 0 Å². The summed E-state index contributed by atoms with van der Waals surface area (Å²) < 4.78 is 42.3. The van der Waals surface area contributed by atoms with E-state index in [0.29, 0.717) is 5.56 Å². The lowest BCUT2D eigenvalue weighted by Gasteiger charge is -2.24. The van der Waals surface area contributed by atoms with E-state index < -0.39 is 23.1 Å². The second-order valence-electron chi connectivity index (χ2n) is 5.22. The van der Waals surface area contributed by atoms with Crippen molar-refractivity contribution in [3.05, 3.63) is 70.5 Å². The van der Waals surface area contributed by atoms with Crippen molar-refractivity contribution in [1.29, 1.82) is 0 Å². The molecule has 0 spiro atoms. The maximum Gasteiger partial charge on any atom is 0.338 e. The number of benzene rings is 2. The molecule has 0 saturated carbocycles. The lowest BCUT2D eigenvalue weighted by Crippen LogP contribution is -2.31. The van der Waals surface area contributed by atoms with Crippen molar-refractivity contribution in [2.75, 3.05) is 0 Å². The van der Waals surface area contributed by atoms with E-state index in [1.165, 1.54) is 18.2 Å². The minimum atomic E-state index is -3.85. The SMILES string of the molecule is CCc1ccc(C2=Cc3cccc(F)c3C(F)(F)C2=O)cc1. The third-order valence-electron chi connectivity index (χ3n) is 3.86. The molecule has 0 fully saturated rings. The van der Waals surface area contributed by atoms with Crippen molar-refractivity contribution >= 4 is 17.4 Å². The van der Waals surface area contributed by atoms with Gasteiger partial charge in [0.25, 0.3) is 0 Å². The molecule has 0 amide bonds. The van der Waals surface area contributed by atoms with Gasteiger partial charge in [-0.05, 0) is 35.3 Å². The molecule has 0 atom stereocenters. The lowest BCUT2D eigenvalue weighted by molar-refractivity contribution is -0.138. The van der Waals surface area contributed by atoms with Crippen LogP contribution in [0.5, 0.6) is 0 Å². The molecule has 1 nitrogen and oxygen atoms in total. The van der Waals surface area contributed by atoms with Crippen molar-refractivity contribution in [2.24, 2.45) is 0 Å². The van der Waals surface area contributed by atoms with E-state index in [0.717, 1.165) is 18.1 Å². The first-order chi connectivity index (χ1) is 10.4. The van der Waals surface area contributed by atoms with Crippen LogP contribution in [0.1, 0.15) is 29.2 Å². The fourth-order valence-corrected chi connectivity index (χ4v) is 2.63. The summed E-state index contributed by atoms with van der Waals surface area (Å²) >= 11 is 0. The van der Waals surface area contributed by atoms with Crippen LogP contribution in [0.4, 0.5) is 13.2 Å². The summed E-state index contributed by atoms with van der Waals surface area (Å²) in [7, 11) is 0. The molecule has 22 heavy (non-hydrogen) atoms. The van der Waals surface area contributed by atoms with Gasteiger partial charge in [0.05, 0.1) is 5.56 Å². The Balaban J connectivity index is 2.18. The Morgan fingerprint density at radius 1 is 1.05 bits per heavy atom. The van der Waals surface area contributed by atoms with Gasteiger partial charge in [-0.25, -0.2) is 4.39 Å². The molecule has 0 N–H and O–H groups in total. The van der Waals surface area contributed by atoms with E-state index in [-0.39, 0.29) is 11.1 Å². The average Bonchev–Trinajstić information content (AvgIpc) is 2.51. The van der Waals surface area contributed by atoms with Gasteiger partial charge in [0, 0.05) is 5.57 Å². The quantitative estimate of drug-likeness (QED) is 0.792. The van der Waals surface area contributed by atoms with Gasteiger partial charge in [0.2, 0.25) is 5.78 Å². The Hall–Kier alpha value is -2.36. The summed E-state index contributed by atoms with van der Waals surface area (Å²) in [6.45, 7) is 1.98. The zero-order valence-corrected chi connectivity index (χ0v) is 11.9. The highest BCUT2D eigenvalue weighted by atomic mass is 19.3. The van der Waals surface area contributed by atoms with E-state index in [1.807, 2.05) is 6.92 Å². The molecular formula is C18H13F3O. The first-order valence-corrected chi connectivity index (χ1v) is 6.97. The average molecular weight is 302 g/mol. The number of Topliss-reactive ketones (excluding diaryl/α,β-unsaturated/α-hetero) is 1. The van der Waals surface area contributed by atoms with Crippen molar-refractivity contribution in [3.63, 3.8) is 0 Å². The molecule has 2 aromatic rings. The molecule has 0 bridgehead atoms. The first-order valence-electron chi connectivity index (χ1n) is 6.97. The van der Waals surface area contributed by atoms with Gasteiger partial charge in [-0.3, -0.25) is 4.79 Å². The Labute approximate surface area is 126 Å². The van der Waals surface area contributed by atoms with E-state index in [2.05, 4.69) is 0 Å². The number of carbonyl (C=O) groups excluding carboxylic acids is 1. The monoisotopic (exact) mass is 302 g/mol. The number of alkyl halides is 2. The standard InChI is InChI=1S/C18H13F3O/c1-2-11-6-8-12(9-7-11)14-10-13-4-3-5-15(19)16(13)18(20,21)17(14)22/h3-10H,2H2,1H3. The molecule has 0 aliphatic heterocycles. The highest BCUT2D eigenvalue weighted by Crippen LogP contribution is 2.43. The number of aryl methyl sites for hydroxylation is 1. The van der Waals surface area contributed by atoms with Crippen molar-refractivity contribution in [1.82, 2.24) is 0 Å². The number of fused-ring (bicyclic) bond motifs is 1. The van der Waals surface area contributed by atoms with Crippen LogP contribution >= 0.6 is 0 Å². The molecule has 0 aromatic heterocycles. The van der Waals surface area contributed by atoms with Crippen molar-refractivity contribution < 1.29 is 18.0 Å². The number of allylic oxidation sites excluding steroid dienone is 1. The van der Waals surface area contributed by atoms with Crippen LogP contribution in [-0.2, 0) is 17.1 Å². The van der Waals surface area contributed by atoms with Crippen LogP contribution in [-0.4, -0.2) is 5.78 Å². The van der Waals surface area contributed by atoms with Gasteiger partial charge >= 0.3 is 5.92 Å². The molecule has 1 aliphatic rings. The van der Waals surface area contributed by atoms with Crippen LogP contribution in [0, 0.1) is 5.82 Å². The molecule has 4 heteroatoms. The minimum absolute atomic E-state index is 0.0409. The second-order valence-corrected chi connectivity index (χ2v) is 5.22. The van der Waals surface area contributed by atoms with E-state index >= 15 is 0 Å². The number of hydrogen-bond donors (Lipinski definition) is 0.